The standard InChI is InChI=1S/C11H15NO2.FHO3S/c1-3-13-10-8-6-5-7-9(10)11(12)14-4-2;1-5(2,3)4/h5-8,12H,3-4H2,1-2H3;(H,2,3,4). The van der Waals surface area contributed by atoms with Crippen molar-refractivity contribution in [1.82, 2.24) is 0 Å². The summed E-state index contributed by atoms with van der Waals surface area (Å²) in [6.45, 7) is 4.87. The molecule has 0 fully saturated rings. The highest BCUT2D eigenvalue weighted by Gasteiger charge is 2.08. The number of halogens is 1. The highest BCUT2D eigenvalue weighted by Crippen LogP contribution is 2.18. The Hall–Kier alpha value is -1.67. The first kappa shape index (κ1) is 17.3. The van der Waals surface area contributed by atoms with E-state index in [1.807, 2.05) is 38.1 Å². The summed E-state index contributed by atoms with van der Waals surface area (Å²) in [6.07, 6.45) is 0. The minimum atomic E-state index is -5.17. The van der Waals surface area contributed by atoms with Crippen molar-refractivity contribution in [1.29, 1.82) is 5.41 Å². The first-order valence-corrected chi connectivity index (χ1v) is 6.74. The zero-order valence-electron chi connectivity index (χ0n) is 10.6. The fraction of sp³-hybridized carbons (Fsp3) is 0.364. The Morgan fingerprint density at radius 1 is 1.32 bits per heavy atom. The summed E-state index contributed by atoms with van der Waals surface area (Å²) in [5.41, 5.74) is 0.705. The van der Waals surface area contributed by atoms with Gasteiger partial charge >= 0.3 is 10.5 Å². The van der Waals surface area contributed by atoms with Crippen molar-refractivity contribution in [2.45, 2.75) is 13.8 Å². The maximum absolute atomic E-state index is 10.2. The van der Waals surface area contributed by atoms with Crippen molar-refractivity contribution in [3.8, 4) is 5.75 Å². The zero-order chi connectivity index (χ0) is 14.9. The maximum Gasteiger partial charge on any atom is 0.435 e. The number of ether oxygens (including phenoxy) is 2. The van der Waals surface area contributed by atoms with E-state index >= 15 is 0 Å². The SMILES string of the molecule is CCOC(=N)c1ccccc1OCC.O=S(=O)(O)F. The van der Waals surface area contributed by atoms with Gasteiger partial charge in [0.05, 0.1) is 18.8 Å². The Bertz CT molecular complexity index is 496. The van der Waals surface area contributed by atoms with Crippen LogP contribution in [0.5, 0.6) is 5.75 Å². The first-order valence-electron chi connectivity index (χ1n) is 5.40. The molecule has 0 bridgehead atoms. The summed E-state index contributed by atoms with van der Waals surface area (Å²) >= 11 is 0. The zero-order valence-corrected chi connectivity index (χ0v) is 11.4. The van der Waals surface area contributed by atoms with Gasteiger partial charge in [-0.3, -0.25) is 9.96 Å². The molecule has 2 N–H and O–H groups in total. The van der Waals surface area contributed by atoms with Gasteiger partial charge in [-0.2, -0.15) is 8.42 Å². The normalized spacial score (nSPS) is 10.1. The molecular weight excluding hydrogens is 277 g/mol. The first-order chi connectivity index (χ1) is 8.79. The van der Waals surface area contributed by atoms with Gasteiger partial charge in [0.2, 0.25) is 5.90 Å². The van der Waals surface area contributed by atoms with Crippen LogP contribution in [0.25, 0.3) is 0 Å². The van der Waals surface area contributed by atoms with Crippen LogP contribution in [0.4, 0.5) is 3.89 Å². The molecule has 0 saturated heterocycles. The molecule has 19 heavy (non-hydrogen) atoms. The molecule has 0 atom stereocenters. The van der Waals surface area contributed by atoms with Gasteiger partial charge in [-0.1, -0.05) is 16.0 Å². The average Bonchev–Trinajstić information content (AvgIpc) is 2.28. The lowest BCUT2D eigenvalue weighted by Crippen LogP contribution is -2.07. The Morgan fingerprint density at radius 3 is 2.32 bits per heavy atom. The molecule has 0 spiro atoms. The van der Waals surface area contributed by atoms with Crippen molar-refractivity contribution in [3.05, 3.63) is 29.8 Å². The minimum Gasteiger partial charge on any atom is -0.493 e. The lowest BCUT2D eigenvalue weighted by Gasteiger charge is -2.10. The Morgan fingerprint density at radius 2 is 1.84 bits per heavy atom. The van der Waals surface area contributed by atoms with Crippen LogP contribution in [0.2, 0.25) is 0 Å². The second-order valence-electron chi connectivity index (χ2n) is 3.10. The lowest BCUT2D eigenvalue weighted by atomic mass is 10.2. The van der Waals surface area contributed by atoms with E-state index in [2.05, 4.69) is 0 Å². The summed E-state index contributed by atoms with van der Waals surface area (Å²) < 4.78 is 44.6. The second-order valence-corrected chi connectivity index (χ2v) is 3.93. The topological polar surface area (TPSA) is 96.7 Å². The molecule has 0 unspecified atom stereocenters. The molecule has 1 rings (SSSR count). The Kier molecular flexibility index (Phi) is 7.69. The quantitative estimate of drug-likeness (QED) is 0.384. The van der Waals surface area contributed by atoms with E-state index in [-0.39, 0.29) is 5.90 Å². The highest BCUT2D eigenvalue weighted by molar-refractivity contribution is 7.80. The molecule has 0 aliphatic rings. The van der Waals surface area contributed by atoms with Crippen molar-refractivity contribution >= 4 is 16.4 Å². The number of para-hydroxylation sites is 1. The van der Waals surface area contributed by atoms with E-state index < -0.39 is 10.5 Å². The molecule has 0 amide bonds. The van der Waals surface area contributed by atoms with Gasteiger partial charge in [-0.05, 0) is 26.0 Å². The number of hydrogen-bond acceptors (Lipinski definition) is 5. The number of nitrogens with one attached hydrogen (secondary N) is 1. The number of rotatable bonds is 4. The van der Waals surface area contributed by atoms with Crippen LogP contribution in [0.3, 0.4) is 0 Å². The van der Waals surface area contributed by atoms with Crippen molar-refractivity contribution in [3.63, 3.8) is 0 Å². The summed E-state index contributed by atoms with van der Waals surface area (Å²) in [6, 6.07) is 7.41. The van der Waals surface area contributed by atoms with Gasteiger partial charge in [0.15, 0.2) is 0 Å². The second kappa shape index (κ2) is 8.44. The van der Waals surface area contributed by atoms with Gasteiger partial charge in [0.25, 0.3) is 0 Å². The van der Waals surface area contributed by atoms with E-state index in [0.29, 0.717) is 24.5 Å². The molecule has 8 heteroatoms. The van der Waals surface area contributed by atoms with Gasteiger partial charge in [-0.15, -0.1) is 0 Å². The average molecular weight is 293 g/mol. The summed E-state index contributed by atoms with van der Waals surface area (Å²) in [5, 5.41) is 7.65. The van der Waals surface area contributed by atoms with E-state index in [4.69, 9.17) is 27.9 Å². The molecule has 6 nitrogen and oxygen atoms in total. The fourth-order valence-corrected chi connectivity index (χ4v) is 1.16. The van der Waals surface area contributed by atoms with Crippen LogP contribution in [0.15, 0.2) is 24.3 Å². The largest absolute Gasteiger partial charge is 0.493 e. The number of hydrogen-bond donors (Lipinski definition) is 2. The van der Waals surface area contributed by atoms with Gasteiger partial charge < -0.3 is 9.47 Å². The van der Waals surface area contributed by atoms with Crippen molar-refractivity contribution in [2.24, 2.45) is 0 Å². The monoisotopic (exact) mass is 293 g/mol. The molecule has 0 aliphatic carbocycles. The number of benzene rings is 1. The van der Waals surface area contributed by atoms with Crippen molar-refractivity contribution < 1.29 is 26.3 Å². The fourth-order valence-electron chi connectivity index (χ4n) is 1.16. The molecule has 108 valence electrons. The molecule has 1 aromatic carbocycles. The van der Waals surface area contributed by atoms with Gasteiger partial charge in [-0.25, -0.2) is 0 Å². The van der Waals surface area contributed by atoms with Crippen molar-refractivity contribution in [2.75, 3.05) is 13.2 Å². The summed E-state index contributed by atoms with van der Waals surface area (Å²) in [7, 11) is -5.17. The molecule has 0 radical (unpaired) electrons. The lowest BCUT2D eigenvalue weighted by molar-refractivity contribution is 0.315. The molecule has 0 aromatic heterocycles. The van der Waals surface area contributed by atoms with Crippen LogP contribution >= 0.6 is 0 Å². The third kappa shape index (κ3) is 8.97. The third-order valence-corrected chi connectivity index (χ3v) is 1.72. The van der Waals surface area contributed by atoms with Gasteiger partial charge in [0.1, 0.15) is 5.75 Å². The molecule has 0 aliphatic heterocycles. The minimum absolute atomic E-state index is 0.163. The summed E-state index contributed by atoms with van der Waals surface area (Å²) in [4.78, 5) is 0. The van der Waals surface area contributed by atoms with Gasteiger partial charge in [0, 0.05) is 0 Å². The summed E-state index contributed by atoms with van der Waals surface area (Å²) in [5.74, 6) is 0.866. The molecule has 1 aromatic rings. The van der Waals surface area contributed by atoms with Crippen LogP contribution in [0.1, 0.15) is 19.4 Å². The Balaban J connectivity index is 0.000000555. The van der Waals surface area contributed by atoms with E-state index in [0.717, 1.165) is 0 Å². The molecule has 0 heterocycles. The molecular formula is C11H16FNO5S. The van der Waals surface area contributed by atoms with E-state index in [1.54, 1.807) is 0 Å². The maximum atomic E-state index is 10.2. The van der Waals surface area contributed by atoms with E-state index in [1.165, 1.54) is 0 Å². The van der Waals surface area contributed by atoms with Crippen LogP contribution < -0.4 is 4.74 Å². The highest BCUT2D eigenvalue weighted by atomic mass is 32.3. The third-order valence-electron chi connectivity index (χ3n) is 1.72. The van der Waals surface area contributed by atoms with E-state index in [9.17, 15) is 3.89 Å². The predicted octanol–water partition coefficient (Wildman–Crippen LogP) is 2.21. The smallest absolute Gasteiger partial charge is 0.435 e. The predicted molar refractivity (Wildman–Crippen MR) is 68.7 cm³/mol. The van der Waals surface area contributed by atoms with Crippen LogP contribution in [-0.4, -0.2) is 32.1 Å². The Labute approximate surface area is 111 Å². The van der Waals surface area contributed by atoms with Crippen LogP contribution in [0, 0.1) is 5.41 Å². The molecule has 0 saturated carbocycles. The van der Waals surface area contributed by atoms with Crippen LogP contribution in [-0.2, 0) is 15.2 Å².